The molecule has 0 aliphatic carbocycles. The maximum atomic E-state index is 14.2. The van der Waals surface area contributed by atoms with Gasteiger partial charge in [-0.15, -0.1) is 0 Å². The van der Waals surface area contributed by atoms with Gasteiger partial charge in [0, 0.05) is 27.6 Å². The molecule has 1 N–H and O–H groups in total. The van der Waals surface area contributed by atoms with E-state index in [0.717, 1.165) is 12.1 Å². The van der Waals surface area contributed by atoms with Crippen LogP contribution in [0.2, 0.25) is 10.0 Å². The molecule has 3 aliphatic heterocycles. The van der Waals surface area contributed by atoms with E-state index in [4.69, 9.17) is 37.6 Å². The number of hydrogen-bond acceptors (Lipinski definition) is 6. The molecule has 13 heteroatoms. The second-order valence-electron chi connectivity index (χ2n) is 9.00. The molecular formula is C24H20Cl2F3N3O5. The highest BCUT2D eigenvalue weighted by molar-refractivity contribution is 6.34. The maximum absolute atomic E-state index is 14.2. The van der Waals surface area contributed by atoms with Crippen molar-refractivity contribution in [2.45, 2.75) is 37.2 Å². The minimum atomic E-state index is -4.82. The third-order valence-electron chi connectivity index (χ3n) is 6.47. The standard InChI is InChI=1S/C24H20Cl2F3N3O5/c1-12-4-13(2-3-18(12)21(33)30-20-11-36-32(22(20)34)17-9-35-10-17)19-8-23(37-31-19,24(27,28)29)14-5-15(25)7-16(26)6-14/h2-7,17,20H,8-11H2,1H3,(H,30,33). The van der Waals surface area contributed by atoms with Crippen LogP contribution in [0.3, 0.4) is 0 Å². The number of halogens is 5. The highest BCUT2D eigenvalue weighted by Gasteiger charge is 2.62. The monoisotopic (exact) mass is 557 g/mol. The first-order valence-electron chi connectivity index (χ1n) is 11.2. The summed E-state index contributed by atoms with van der Waals surface area (Å²) in [6.45, 7) is 2.38. The topological polar surface area (TPSA) is 89.5 Å². The lowest BCUT2D eigenvalue weighted by molar-refractivity contribution is -0.275. The van der Waals surface area contributed by atoms with E-state index in [-0.39, 0.29) is 45.4 Å². The van der Waals surface area contributed by atoms with Crippen LogP contribution in [0, 0.1) is 6.92 Å². The summed E-state index contributed by atoms with van der Waals surface area (Å²) < 4.78 is 47.8. The largest absolute Gasteiger partial charge is 0.435 e. The smallest absolute Gasteiger partial charge is 0.377 e. The van der Waals surface area contributed by atoms with E-state index in [2.05, 4.69) is 10.5 Å². The highest BCUT2D eigenvalue weighted by Crippen LogP contribution is 2.49. The molecule has 2 fully saturated rings. The normalized spacial score (nSPS) is 24.1. The van der Waals surface area contributed by atoms with Gasteiger partial charge in [-0.3, -0.25) is 14.4 Å². The van der Waals surface area contributed by atoms with Gasteiger partial charge >= 0.3 is 6.18 Å². The van der Waals surface area contributed by atoms with Gasteiger partial charge in [0.25, 0.3) is 17.4 Å². The fraction of sp³-hybridized carbons (Fsp3) is 0.375. The molecule has 0 aromatic heterocycles. The molecule has 2 aromatic carbocycles. The zero-order valence-corrected chi connectivity index (χ0v) is 20.8. The average molecular weight is 558 g/mol. The SMILES string of the molecule is Cc1cc(C2=NOC(c3cc(Cl)cc(Cl)c3)(C(F)(F)F)C2)ccc1C(=O)NC1CON(C2COC2)C1=O. The van der Waals surface area contributed by atoms with Crippen LogP contribution in [-0.4, -0.2) is 60.7 Å². The molecule has 0 saturated carbocycles. The Morgan fingerprint density at radius 2 is 1.84 bits per heavy atom. The van der Waals surface area contributed by atoms with Crippen molar-refractivity contribution in [1.29, 1.82) is 0 Å². The Morgan fingerprint density at radius 3 is 2.43 bits per heavy atom. The average Bonchev–Trinajstić information content (AvgIpc) is 3.38. The number of hydroxylamine groups is 2. The number of amides is 2. The lowest BCUT2D eigenvalue weighted by Gasteiger charge is -2.32. The number of carbonyl (C=O) groups excluding carboxylic acids is 2. The number of hydrogen-bond donors (Lipinski definition) is 1. The Labute approximate surface area is 219 Å². The van der Waals surface area contributed by atoms with Crippen molar-refractivity contribution >= 4 is 40.7 Å². The molecule has 0 bridgehead atoms. The minimum absolute atomic E-state index is 0.000602. The molecule has 8 nitrogen and oxygen atoms in total. The van der Waals surface area contributed by atoms with Crippen LogP contribution in [0.15, 0.2) is 41.6 Å². The lowest BCUT2D eigenvalue weighted by Crippen LogP contribution is -2.51. The molecule has 3 aliphatic rings. The minimum Gasteiger partial charge on any atom is -0.377 e. The van der Waals surface area contributed by atoms with Crippen LogP contribution in [0.25, 0.3) is 0 Å². The van der Waals surface area contributed by atoms with Gasteiger partial charge in [0.05, 0.1) is 18.9 Å². The second-order valence-corrected chi connectivity index (χ2v) is 9.87. The van der Waals surface area contributed by atoms with Gasteiger partial charge in [-0.25, -0.2) is 5.06 Å². The number of nitrogens with zero attached hydrogens (tertiary/aromatic N) is 2. The number of ether oxygens (including phenoxy) is 1. The van der Waals surface area contributed by atoms with Gasteiger partial charge in [-0.05, 0) is 48.4 Å². The number of rotatable bonds is 5. The van der Waals surface area contributed by atoms with Gasteiger partial charge in [0.2, 0.25) is 0 Å². The molecule has 5 rings (SSSR count). The molecule has 0 radical (unpaired) electrons. The summed E-state index contributed by atoms with van der Waals surface area (Å²) in [5, 5.41) is 7.68. The highest BCUT2D eigenvalue weighted by atomic mass is 35.5. The molecule has 2 aromatic rings. The van der Waals surface area contributed by atoms with E-state index in [1.807, 2.05) is 0 Å². The van der Waals surface area contributed by atoms with Crippen molar-refractivity contribution < 1.29 is 37.2 Å². The van der Waals surface area contributed by atoms with E-state index in [1.165, 1.54) is 23.3 Å². The molecule has 2 atom stereocenters. The second kappa shape index (κ2) is 9.46. The molecule has 2 saturated heterocycles. The Morgan fingerprint density at radius 1 is 1.14 bits per heavy atom. The fourth-order valence-corrected chi connectivity index (χ4v) is 4.90. The summed E-state index contributed by atoms with van der Waals surface area (Å²) in [4.78, 5) is 35.8. The van der Waals surface area contributed by atoms with Gasteiger partial charge in [-0.1, -0.05) is 34.4 Å². The first kappa shape index (κ1) is 25.8. The quantitative estimate of drug-likeness (QED) is 0.596. The fourth-order valence-electron chi connectivity index (χ4n) is 4.37. The van der Waals surface area contributed by atoms with E-state index in [9.17, 15) is 22.8 Å². The zero-order chi connectivity index (χ0) is 26.5. The van der Waals surface area contributed by atoms with Crippen LogP contribution in [0.5, 0.6) is 0 Å². The number of nitrogens with one attached hydrogen (secondary N) is 1. The number of oxime groups is 1. The molecule has 3 heterocycles. The molecule has 37 heavy (non-hydrogen) atoms. The number of aryl methyl sites for hydroxylation is 1. The summed E-state index contributed by atoms with van der Waals surface area (Å²) in [5.74, 6) is -0.876. The summed E-state index contributed by atoms with van der Waals surface area (Å²) in [6, 6.07) is 7.07. The van der Waals surface area contributed by atoms with Gasteiger partial charge in [0.15, 0.2) is 0 Å². The number of carbonyl (C=O) groups is 2. The molecule has 196 valence electrons. The Kier molecular flexibility index (Phi) is 6.59. The predicted molar refractivity (Wildman–Crippen MR) is 126 cm³/mol. The molecule has 2 unspecified atom stereocenters. The van der Waals surface area contributed by atoms with Crippen LogP contribution in [0.1, 0.15) is 33.5 Å². The van der Waals surface area contributed by atoms with Crippen molar-refractivity contribution in [3.63, 3.8) is 0 Å². The lowest BCUT2D eigenvalue weighted by atomic mass is 9.86. The number of alkyl halides is 3. The van der Waals surface area contributed by atoms with E-state index in [1.54, 1.807) is 13.0 Å². The van der Waals surface area contributed by atoms with Crippen molar-refractivity contribution in [3.05, 3.63) is 68.7 Å². The Balaban J connectivity index is 1.33. The van der Waals surface area contributed by atoms with Gasteiger partial charge < -0.3 is 14.9 Å². The first-order chi connectivity index (χ1) is 17.5. The summed E-state index contributed by atoms with van der Waals surface area (Å²) in [6.07, 6.45) is -5.44. The van der Waals surface area contributed by atoms with Crippen LogP contribution < -0.4 is 5.32 Å². The summed E-state index contributed by atoms with van der Waals surface area (Å²) in [7, 11) is 0. The predicted octanol–water partition coefficient (Wildman–Crippen LogP) is 4.16. The van der Waals surface area contributed by atoms with Crippen molar-refractivity contribution in [2.75, 3.05) is 19.8 Å². The zero-order valence-electron chi connectivity index (χ0n) is 19.3. The summed E-state index contributed by atoms with van der Waals surface area (Å²) in [5.41, 5.74) is -1.91. The molecule has 0 spiro atoms. The Hall–Kier alpha value is -2.86. The van der Waals surface area contributed by atoms with E-state index < -0.39 is 30.1 Å². The Bertz CT molecular complexity index is 1280. The van der Waals surface area contributed by atoms with Crippen LogP contribution in [-0.2, 0) is 24.8 Å². The summed E-state index contributed by atoms with van der Waals surface area (Å²) >= 11 is 11.9. The van der Waals surface area contributed by atoms with Gasteiger partial charge in [0.1, 0.15) is 18.7 Å². The van der Waals surface area contributed by atoms with Gasteiger partial charge in [-0.2, -0.15) is 13.2 Å². The van der Waals surface area contributed by atoms with Crippen LogP contribution in [0.4, 0.5) is 13.2 Å². The molecular weight excluding hydrogens is 538 g/mol. The maximum Gasteiger partial charge on any atom is 0.435 e. The van der Waals surface area contributed by atoms with Crippen LogP contribution >= 0.6 is 23.2 Å². The van der Waals surface area contributed by atoms with Crippen molar-refractivity contribution in [3.8, 4) is 0 Å². The van der Waals surface area contributed by atoms with E-state index in [0.29, 0.717) is 24.3 Å². The third kappa shape index (κ3) is 4.65. The molecule has 2 amide bonds. The first-order valence-corrected chi connectivity index (χ1v) is 12.0. The van der Waals surface area contributed by atoms with Crippen molar-refractivity contribution in [1.82, 2.24) is 10.4 Å². The third-order valence-corrected chi connectivity index (χ3v) is 6.91. The van der Waals surface area contributed by atoms with E-state index >= 15 is 0 Å². The number of benzene rings is 2. The van der Waals surface area contributed by atoms with Crippen molar-refractivity contribution in [2.24, 2.45) is 5.16 Å².